The molecule has 0 atom stereocenters. The number of H-pyrrole nitrogens is 1. The highest BCUT2D eigenvalue weighted by Gasteiger charge is 2.16. The van der Waals surface area contributed by atoms with Gasteiger partial charge in [0.2, 0.25) is 11.8 Å². The number of hydrogen-bond donors (Lipinski definition) is 3. The fraction of sp³-hybridized carbons (Fsp3) is 0.273. The molecule has 1 aromatic heterocycles. The van der Waals surface area contributed by atoms with Crippen molar-refractivity contribution in [2.45, 2.75) is 32.7 Å². The molecular formula is C22H23F2N3O2. The number of amides is 2. The Hall–Kier alpha value is -3.22. The summed E-state index contributed by atoms with van der Waals surface area (Å²) in [5.74, 6) is -1.26. The van der Waals surface area contributed by atoms with Gasteiger partial charge in [-0.2, -0.15) is 0 Å². The van der Waals surface area contributed by atoms with E-state index in [1.54, 1.807) is 18.2 Å². The van der Waals surface area contributed by atoms with Gasteiger partial charge in [0.05, 0.1) is 6.54 Å². The van der Waals surface area contributed by atoms with E-state index in [4.69, 9.17) is 0 Å². The number of carbonyl (C=O) groups excluding carboxylic acids is 2. The lowest BCUT2D eigenvalue weighted by Gasteiger charge is -2.10. The minimum atomic E-state index is -0.377. The van der Waals surface area contributed by atoms with E-state index in [2.05, 4.69) is 15.6 Å². The molecule has 0 aliphatic rings. The monoisotopic (exact) mass is 399 g/mol. The SMILES string of the molecule is CC(C)NC(=O)CNC(=O)CCc1c(-c2ccc(F)cc2)[nH]c2ccc(F)cc12. The highest BCUT2D eigenvalue weighted by atomic mass is 19.1. The molecule has 1 heterocycles. The summed E-state index contributed by atoms with van der Waals surface area (Å²) in [4.78, 5) is 27.1. The van der Waals surface area contributed by atoms with Crippen LogP contribution in [0.1, 0.15) is 25.8 Å². The second kappa shape index (κ2) is 8.86. The van der Waals surface area contributed by atoms with Crippen LogP contribution in [-0.2, 0) is 16.0 Å². The van der Waals surface area contributed by atoms with Crippen LogP contribution in [0, 0.1) is 11.6 Å². The zero-order valence-electron chi connectivity index (χ0n) is 16.3. The third kappa shape index (κ3) is 5.19. The smallest absolute Gasteiger partial charge is 0.239 e. The van der Waals surface area contributed by atoms with E-state index in [-0.39, 0.29) is 42.5 Å². The molecule has 7 heteroatoms. The van der Waals surface area contributed by atoms with Crippen LogP contribution >= 0.6 is 0 Å². The number of aromatic amines is 1. The van der Waals surface area contributed by atoms with Crippen molar-refractivity contribution >= 4 is 22.7 Å². The molecule has 0 bridgehead atoms. The second-order valence-corrected chi connectivity index (χ2v) is 7.17. The first kappa shape index (κ1) is 20.5. The molecule has 3 N–H and O–H groups in total. The summed E-state index contributed by atoms with van der Waals surface area (Å²) in [6.45, 7) is 3.59. The molecule has 5 nitrogen and oxygen atoms in total. The van der Waals surface area contributed by atoms with Crippen LogP contribution in [0.15, 0.2) is 42.5 Å². The number of benzene rings is 2. The van der Waals surface area contributed by atoms with E-state index in [0.29, 0.717) is 11.8 Å². The summed E-state index contributed by atoms with van der Waals surface area (Å²) in [6.07, 6.45) is 0.473. The Balaban J connectivity index is 1.79. The van der Waals surface area contributed by atoms with E-state index in [9.17, 15) is 18.4 Å². The molecule has 0 saturated heterocycles. The first-order chi connectivity index (χ1) is 13.8. The Bertz CT molecular complexity index is 1030. The summed E-state index contributed by atoms with van der Waals surface area (Å²) in [6, 6.07) is 10.4. The van der Waals surface area contributed by atoms with E-state index in [0.717, 1.165) is 22.3 Å². The number of aryl methyl sites for hydroxylation is 1. The van der Waals surface area contributed by atoms with Crippen LogP contribution in [0.4, 0.5) is 8.78 Å². The molecule has 152 valence electrons. The maximum Gasteiger partial charge on any atom is 0.239 e. The number of nitrogens with one attached hydrogen (secondary N) is 3. The zero-order chi connectivity index (χ0) is 21.0. The summed E-state index contributed by atoms with van der Waals surface area (Å²) < 4.78 is 27.1. The molecule has 0 saturated carbocycles. The molecule has 3 rings (SSSR count). The lowest BCUT2D eigenvalue weighted by atomic mass is 10.0. The predicted octanol–water partition coefficient (Wildman–Crippen LogP) is 3.69. The number of hydrogen-bond acceptors (Lipinski definition) is 2. The van der Waals surface area contributed by atoms with Gasteiger partial charge in [-0.1, -0.05) is 0 Å². The van der Waals surface area contributed by atoms with Crippen LogP contribution in [0.2, 0.25) is 0 Å². The molecule has 0 spiro atoms. The Labute approximate surface area is 167 Å². The molecule has 0 aliphatic heterocycles. The molecule has 0 aliphatic carbocycles. The average Bonchev–Trinajstić information content (AvgIpc) is 3.02. The van der Waals surface area contributed by atoms with Gasteiger partial charge in [-0.15, -0.1) is 0 Å². The van der Waals surface area contributed by atoms with Crippen molar-refractivity contribution in [1.29, 1.82) is 0 Å². The highest BCUT2D eigenvalue weighted by molar-refractivity contribution is 5.92. The van der Waals surface area contributed by atoms with Crippen molar-refractivity contribution in [2.75, 3.05) is 6.54 Å². The zero-order valence-corrected chi connectivity index (χ0v) is 16.3. The second-order valence-electron chi connectivity index (χ2n) is 7.17. The van der Waals surface area contributed by atoms with Crippen LogP contribution in [0.25, 0.3) is 22.2 Å². The van der Waals surface area contributed by atoms with Crippen LogP contribution in [0.5, 0.6) is 0 Å². The van der Waals surface area contributed by atoms with Crippen LogP contribution < -0.4 is 10.6 Å². The molecule has 29 heavy (non-hydrogen) atoms. The lowest BCUT2D eigenvalue weighted by molar-refractivity contribution is -0.126. The van der Waals surface area contributed by atoms with Gasteiger partial charge in [-0.25, -0.2) is 8.78 Å². The number of rotatable bonds is 7. The summed E-state index contributed by atoms with van der Waals surface area (Å²) in [7, 11) is 0. The Morgan fingerprint density at radius 3 is 2.38 bits per heavy atom. The number of carbonyl (C=O) groups is 2. The van der Waals surface area contributed by atoms with E-state index >= 15 is 0 Å². The van der Waals surface area contributed by atoms with Crippen molar-refractivity contribution in [3.05, 3.63) is 59.7 Å². The molecule has 0 unspecified atom stereocenters. The first-order valence-corrected chi connectivity index (χ1v) is 9.45. The van der Waals surface area contributed by atoms with Gasteiger partial charge in [0.25, 0.3) is 0 Å². The van der Waals surface area contributed by atoms with Gasteiger partial charge < -0.3 is 15.6 Å². The maximum atomic E-state index is 13.8. The molecular weight excluding hydrogens is 376 g/mol. The summed E-state index contributed by atoms with van der Waals surface area (Å²) in [5, 5.41) is 5.97. The Morgan fingerprint density at radius 2 is 1.69 bits per heavy atom. The van der Waals surface area contributed by atoms with Crippen molar-refractivity contribution in [2.24, 2.45) is 0 Å². The van der Waals surface area contributed by atoms with Gasteiger partial charge in [0.1, 0.15) is 11.6 Å². The number of halogens is 2. The standard InChI is InChI=1S/C22H23F2N3O2/c1-13(2)26-21(29)12-25-20(28)10-8-17-18-11-16(24)7-9-19(18)27-22(17)14-3-5-15(23)6-4-14/h3-7,9,11,13,27H,8,10,12H2,1-2H3,(H,25,28)(H,26,29). The summed E-state index contributed by atoms with van der Waals surface area (Å²) >= 11 is 0. The molecule has 3 aromatic rings. The van der Waals surface area contributed by atoms with E-state index in [1.807, 2.05) is 13.8 Å². The Morgan fingerprint density at radius 1 is 1.00 bits per heavy atom. The average molecular weight is 399 g/mol. The van der Waals surface area contributed by atoms with Crippen molar-refractivity contribution in [1.82, 2.24) is 15.6 Å². The van der Waals surface area contributed by atoms with Crippen LogP contribution in [-0.4, -0.2) is 29.4 Å². The summed E-state index contributed by atoms with van der Waals surface area (Å²) in [5.41, 5.74) is 2.97. The quantitative estimate of drug-likeness (QED) is 0.567. The molecule has 0 radical (unpaired) electrons. The molecule has 2 amide bonds. The largest absolute Gasteiger partial charge is 0.354 e. The van der Waals surface area contributed by atoms with Gasteiger partial charge in [-0.3, -0.25) is 9.59 Å². The third-order valence-corrected chi connectivity index (χ3v) is 4.50. The van der Waals surface area contributed by atoms with Crippen molar-refractivity contribution in [3.8, 4) is 11.3 Å². The van der Waals surface area contributed by atoms with Crippen molar-refractivity contribution in [3.63, 3.8) is 0 Å². The predicted molar refractivity (Wildman–Crippen MR) is 108 cm³/mol. The normalized spacial score (nSPS) is 11.1. The minimum absolute atomic E-state index is 0.00112. The first-order valence-electron chi connectivity index (χ1n) is 9.45. The third-order valence-electron chi connectivity index (χ3n) is 4.50. The number of aromatic nitrogens is 1. The fourth-order valence-electron chi connectivity index (χ4n) is 3.22. The van der Waals surface area contributed by atoms with E-state index < -0.39 is 0 Å². The number of fused-ring (bicyclic) bond motifs is 1. The van der Waals surface area contributed by atoms with Gasteiger partial charge >= 0.3 is 0 Å². The van der Waals surface area contributed by atoms with Crippen LogP contribution in [0.3, 0.4) is 0 Å². The molecule has 2 aromatic carbocycles. The topological polar surface area (TPSA) is 74.0 Å². The molecule has 0 fully saturated rings. The van der Waals surface area contributed by atoms with Gasteiger partial charge in [0.15, 0.2) is 0 Å². The van der Waals surface area contributed by atoms with Gasteiger partial charge in [0, 0.05) is 29.1 Å². The fourth-order valence-corrected chi connectivity index (χ4v) is 3.22. The van der Waals surface area contributed by atoms with E-state index in [1.165, 1.54) is 24.3 Å². The van der Waals surface area contributed by atoms with Crippen molar-refractivity contribution < 1.29 is 18.4 Å². The Kier molecular flexibility index (Phi) is 6.26. The highest BCUT2D eigenvalue weighted by Crippen LogP contribution is 2.32. The van der Waals surface area contributed by atoms with Gasteiger partial charge in [-0.05, 0) is 73.9 Å². The minimum Gasteiger partial charge on any atom is -0.354 e. The maximum absolute atomic E-state index is 13.8. The lowest BCUT2D eigenvalue weighted by Crippen LogP contribution is -2.39.